The molecule has 2 heterocycles. The van der Waals surface area contributed by atoms with Crippen molar-refractivity contribution in [3.8, 4) is 17.0 Å². The lowest BCUT2D eigenvalue weighted by molar-refractivity contribution is 0.0972. The Morgan fingerprint density at radius 2 is 1.96 bits per heavy atom. The summed E-state index contributed by atoms with van der Waals surface area (Å²) in [7, 11) is 0. The van der Waals surface area contributed by atoms with Crippen LogP contribution in [-0.4, -0.2) is 10.8 Å². The van der Waals surface area contributed by atoms with E-state index in [2.05, 4.69) is 40.7 Å². The zero-order valence-corrected chi connectivity index (χ0v) is 16.6. The molecule has 0 bridgehead atoms. The van der Waals surface area contributed by atoms with E-state index in [0.29, 0.717) is 13.0 Å². The summed E-state index contributed by atoms with van der Waals surface area (Å²) >= 11 is 1.75. The smallest absolute Gasteiger partial charge is 0.164 e. The van der Waals surface area contributed by atoms with Crippen molar-refractivity contribution in [3.63, 3.8) is 0 Å². The summed E-state index contributed by atoms with van der Waals surface area (Å²) in [5, 5.41) is 3.37. The van der Waals surface area contributed by atoms with Gasteiger partial charge in [-0.25, -0.2) is 0 Å². The molecule has 0 atom stereocenters. The van der Waals surface area contributed by atoms with E-state index in [4.69, 9.17) is 4.74 Å². The lowest BCUT2D eigenvalue weighted by Gasteiger charge is -2.15. The highest BCUT2D eigenvalue weighted by Crippen LogP contribution is 2.38. The largest absolute Gasteiger partial charge is 0.488 e. The Labute approximate surface area is 168 Å². The molecule has 0 unspecified atom stereocenters. The van der Waals surface area contributed by atoms with Gasteiger partial charge >= 0.3 is 0 Å². The first kappa shape index (κ1) is 17.3. The number of para-hydroxylation sites is 1. The molecule has 3 nitrogen and oxygen atoms in total. The van der Waals surface area contributed by atoms with Crippen LogP contribution >= 0.6 is 11.3 Å². The summed E-state index contributed by atoms with van der Waals surface area (Å²) in [6.07, 6.45) is 2.50. The third-order valence-corrected chi connectivity index (χ3v) is 6.51. The number of aromatic amines is 1. The fraction of sp³-hybridized carbons (Fsp3) is 0.208. The van der Waals surface area contributed by atoms with Crippen LogP contribution in [0.15, 0.2) is 53.9 Å². The predicted octanol–water partition coefficient (Wildman–Crippen LogP) is 6.30. The standard InChI is InChI=1S/C24H21NO2S/c1-15-22-19(9-5-10-20(22)26)23(25-15)18-8-2-3-11-21(18)27-14-17-7-4-6-16-12-13-28-24(16)17/h2-4,6-8,11-13,25H,5,9-10,14H2,1H3. The van der Waals surface area contributed by atoms with E-state index in [9.17, 15) is 4.79 Å². The molecule has 0 amide bonds. The third-order valence-electron chi connectivity index (χ3n) is 5.50. The monoisotopic (exact) mass is 387 g/mol. The van der Waals surface area contributed by atoms with Crippen LogP contribution in [0.2, 0.25) is 0 Å². The molecule has 0 spiro atoms. The number of carbonyl (C=O) groups excluding carboxylic acids is 1. The molecule has 0 radical (unpaired) electrons. The van der Waals surface area contributed by atoms with Gasteiger partial charge in [0.1, 0.15) is 12.4 Å². The van der Waals surface area contributed by atoms with Gasteiger partial charge < -0.3 is 9.72 Å². The maximum absolute atomic E-state index is 12.4. The van der Waals surface area contributed by atoms with Gasteiger partial charge in [0.05, 0.1) is 5.69 Å². The molecule has 140 valence electrons. The van der Waals surface area contributed by atoms with E-state index in [-0.39, 0.29) is 5.78 Å². The minimum atomic E-state index is 0.254. The van der Waals surface area contributed by atoms with Gasteiger partial charge in [-0.15, -0.1) is 11.3 Å². The van der Waals surface area contributed by atoms with E-state index in [0.717, 1.165) is 46.7 Å². The molecule has 0 aliphatic heterocycles. The average Bonchev–Trinajstić information content (AvgIpc) is 3.32. The molecule has 28 heavy (non-hydrogen) atoms. The number of rotatable bonds is 4. The molecular weight excluding hydrogens is 366 g/mol. The molecule has 4 aromatic rings. The Bertz CT molecular complexity index is 1180. The number of aromatic nitrogens is 1. The van der Waals surface area contributed by atoms with Crippen LogP contribution in [0.3, 0.4) is 0 Å². The van der Waals surface area contributed by atoms with Crippen molar-refractivity contribution in [1.82, 2.24) is 4.98 Å². The highest BCUT2D eigenvalue weighted by molar-refractivity contribution is 7.17. The third kappa shape index (κ3) is 2.85. The highest BCUT2D eigenvalue weighted by Gasteiger charge is 2.26. The summed E-state index contributed by atoms with van der Waals surface area (Å²) in [4.78, 5) is 15.9. The quantitative estimate of drug-likeness (QED) is 0.446. The molecule has 0 saturated heterocycles. The van der Waals surface area contributed by atoms with Gasteiger partial charge in [-0.1, -0.05) is 30.3 Å². The number of ether oxygens (including phenoxy) is 1. The minimum absolute atomic E-state index is 0.254. The maximum atomic E-state index is 12.4. The van der Waals surface area contributed by atoms with E-state index >= 15 is 0 Å². The average molecular weight is 388 g/mol. The molecule has 0 saturated carbocycles. The molecule has 5 rings (SSSR count). The zero-order chi connectivity index (χ0) is 19.1. The van der Waals surface area contributed by atoms with E-state index < -0.39 is 0 Å². The number of thiophene rings is 1. The first-order chi connectivity index (χ1) is 13.7. The Morgan fingerprint density at radius 1 is 1.07 bits per heavy atom. The zero-order valence-electron chi connectivity index (χ0n) is 15.7. The van der Waals surface area contributed by atoms with E-state index in [1.54, 1.807) is 11.3 Å². The van der Waals surface area contributed by atoms with Crippen molar-refractivity contribution in [2.24, 2.45) is 0 Å². The van der Waals surface area contributed by atoms with Crippen LogP contribution < -0.4 is 4.74 Å². The Balaban J connectivity index is 1.51. The minimum Gasteiger partial charge on any atom is -0.488 e. The number of aryl methyl sites for hydroxylation is 1. The second-order valence-corrected chi connectivity index (χ2v) is 8.21. The van der Waals surface area contributed by atoms with Crippen molar-refractivity contribution in [3.05, 3.63) is 76.3 Å². The van der Waals surface area contributed by atoms with Gasteiger partial charge in [-0.2, -0.15) is 0 Å². The first-order valence-electron chi connectivity index (χ1n) is 9.64. The van der Waals surface area contributed by atoms with Crippen LogP contribution in [0.5, 0.6) is 5.75 Å². The van der Waals surface area contributed by atoms with E-state index in [1.165, 1.54) is 15.6 Å². The second kappa shape index (κ2) is 6.95. The SMILES string of the molecule is Cc1[nH]c(-c2ccccc2OCc2cccc3ccsc23)c2c1C(=O)CCC2. The van der Waals surface area contributed by atoms with Gasteiger partial charge in [0.15, 0.2) is 5.78 Å². The number of hydrogen-bond acceptors (Lipinski definition) is 3. The lowest BCUT2D eigenvalue weighted by atomic mass is 9.89. The molecule has 1 N–H and O–H groups in total. The molecule has 0 fully saturated rings. The van der Waals surface area contributed by atoms with E-state index in [1.807, 2.05) is 25.1 Å². The number of benzene rings is 2. The fourth-order valence-corrected chi connectivity index (χ4v) is 5.11. The summed E-state index contributed by atoms with van der Waals surface area (Å²) in [5.74, 6) is 1.10. The second-order valence-electron chi connectivity index (χ2n) is 7.30. The summed E-state index contributed by atoms with van der Waals surface area (Å²) in [5.41, 5.74) is 6.25. The topological polar surface area (TPSA) is 42.1 Å². The maximum Gasteiger partial charge on any atom is 0.164 e. The highest BCUT2D eigenvalue weighted by atomic mass is 32.1. The van der Waals surface area contributed by atoms with Crippen molar-refractivity contribution < 1.29 is 9.53 Å². The number of fused-ring (bicyclic) bond motifs is 2. The van der Waals surface area contributed by atoms with Gasteiger partial charge in [0.25, 0.3) is 0 Å². The molecule has 4 heteroatoms. The molecular formula is C24H21NO2S. The number of hydrogen-bond donors (Lipinski definition) is 1. The van der Waals surface area contributed by atoms with Gasteiger partial charge in [0.2, 0.25) is 0 Å². The van der Waals surface area contributed by atoms with Crippen LogP contribution in [0.1, 0.15) is 40.0 Å². The predicted molar refractivity (Wildman–Crippen MR) is 114 cm³/mol. The molecule has 1 aliphatic rings. The molecule has 2 aromatic carbocycles. The number of carbonyl (C=O) groups is 1. The summed E-state index contributed by atoms with van der Waals surface area (Å²) in [6.45, 7) is 2.52. The molecule has 1 aliphatic carbocycles. The first-order valence-corrected chi connectivity index (χ1v) is 10.5. The number of nitrogens with one attached hydrogen (secondary N) is 1. The summed E-state index contributed by atoms with van der Waals surface area (Å²) < 4.78 is 7.56. The van der Waals surface area contributed by atoms with Crippen LogP contribution in [0.4, 0.5) is 0 Å². The van der Waals surface area contributed by atoms with Gasteiger partial charge in [0, 0.05) is 33.5 Å². The number of ketones is 1. The van der Waals surface area contributed by atoms with Crippen molar-refractivity contribution in [1.29, 1.82) is 0 Å². The van der Waals surface area contributed by atoms with Crippen molar-refractivity contribution in [2.45, 2.75) is 32.8 Å². The van der Waals surface area contributed by atoms with Crippen molar-refractivity contribution >= 4 is 27.2 Å². The van der Waals surface area contributed by atoms with Crippen LogP contribution in [0.25, 0.3) is 21.3 Å². The molecule has 2 aromatic heterocycles. The normalized spacial score (nSPS) is 13.7. The summed E-state index contributed by atoms with van der Waals surface area (Å²) in [6, 6.07) is 16.6. The fourth-order valence-electron chi connectivity index (χ4n) is 4.21. The Kier molecular flexibility index (Phi) is 4.29. The number of H-pyrrole nitrogens is 1. The van der Waals surface area contributed by atoms with Crippen LogP contribution in [0, 0.1) is 6.92 Å². The lowest BCUT2D eigenvalue weighted by Crippen LogP contribution is -2.10. The van der Waals surface area contributed by atoms with Crippen molar-refractivity contribution in [2.75, 3.05) is 0 Å². The number of Topliss-reactive ketones (excluding diaryl/α,β-unsaturated/α-hetero) is 1. The van der Waals surface area contributed by atoms with Gasteiger partial charge in [-0.05, 0) is 54.3 Å². The van der Waals surface area contributed by atoms with Gasteiger partial charge in [-0.3, -0.25) is 4.79 Å². The Morgan fingerprint density at radius 3 is 2.89 bits per heavy atom. The Hall–Kier alpha value is -2.85. The van der Waals surface area contributed by atoms with Crippen LogP contribution in [-0.2, 0) is 13.0 Å².